The number of benzene rings is 3. The molecule has 3 aromatic carbocycles. The highest BCUT2D eigenvalue weighted by Gasteiger charge is 2.35. The van der Waals surface area contributed by atoms with Gasteiger partial charge in [0.2, 0.25) is 29.5 Å². The molecule has 2 heterocycles. The minimum Gasteiger partial charge on any atom is -0.457 e. The van der Waals surface area contributed by atoms with Crippen LogP contribution < -0.4 is 15.4 Å². The van der Waals surface area contributed by atoms with Crippen LogP contribution in [-0.2, 0) is 55.3 Å². The lowest BCUT2D eigenvalue weighted by molar-refractivity contribution is -0.146. The molecule has 2 N–H and O–H groups in total. The first-order valence-corrected chi connectivity index (χ1v) is 22.6. The van der Waals surface area contributed by atoms with Crippen molar-refractivity contribution < 1.29 is 33.4 Å². The molecule has 350 valence electrons. The summed E-state index contributed by atoms with van der Waals surface area (Å²) < 4.78 is 14.2. The lowest BCUT2D eigenvalue weighted by atomic mass is 10.0. The van der Waals surface area contributed by atoms with Crippen LogP contribution in [0.25, 0.3) is 11.3 Å². The molecule has 15 nitrogen and oxygen atoms in total. The van der Waals surface area contributed by atoms with Gasteiger partial charge in [0, 0.05) is 86.3 Å². The van der Waals surface area contributed by atoms with E-state index in [1.165, 1.54) is 14.7 Å². The average molecular weight is 934 g/mol. The molecule has 1 aliphatic heterocycles. The van der Waals surface area contributed by atoms with Gasteiger partial charge in [-0.2, -0.15) is 0 Å². The third-order valence-corrected chi connectivity index (χ3v) is 12.3. The summed E-state index contributed by atoms with van der Waals surface area (Å²) in [4.78, 5) is 81.6. The summed E-state index contributed by atoms with van der Waals surface area (Å²) in [5.74, 6) is -1.21. The number of halogens is 2. The second kappa shape index (κ2) is 23.1. The molecular formula is C48H62Cl2N8O7. The second-order valence-electron chi connectivity index (χ2n) is 17.0. The van der Waals surface area contributed by atoms with E-state index in [1.807, 2.05) is 68.3 Å². The molecule has 17 heteroatoms. The molecule has 0 aliphatic carbocycles. The van der Waals surface area contributed by atoms with Gasteiger partial charge in [0.25, 0.3) is 0 Å². The Labute approximate surface area is 392 Å². The van der Waals surface area contributed by atoms with Gasteiger partial charge in [0.15, 0.2) is 0 Å². The SMILES string of the molecule is CCOC[C@@H]1NC(=O)[C@H](C)N(Cc2ccc(Cl)cc2Oc2ccc(-c3cnc(CN(C)C)n3C)cc2)C(=O)C[C@@H](C)C(=O)N(C)[C@@H](C)CNC(=O)C[C@H](Cc2ccc(Cl)cc2)N(C)C1=O. The van der Waals surface area contributed by atoms with Crippen molar-refractivity contribution in [2.24, 2.45) is 13.0 Å². The Bertz CT molecular complexity index is 2290. The summed E-state index contributed by atoms with van der Waals surface area (Å²) in [5.41, 5.74) is 3.27. The number of ether oxygens (including phenoxy) is 2. The van der Waals surface area contributed by atoms with Crippen molar-refractivity contribution in [3.8, 4) is 22.8 Å². The van der Waals surface area contributed by atoms with E-state index >= 15 is 0 Å². The first-order valence-electron chi connectivity index (χ1n) is 21.8. The predicted octanol–water partition coefficient (Wildman–Crippen LogP) is 5.95. The zero-order chi connectivity index (χ0) is 47.5. The van der Waals surface area contributed by atoms with Crippen molar-refractivity contribution in [3.05, 3.63) is 99.9 Å². The normalized spacial score (nSPS) is 21.0. The van der Waals surface area contributed by atoms with E-state index < -0.39 is 47.8 Å². The summed E-state index contributed by atoms with van der Waals surface area (Å²) >= 11 is 12.7. The first-order chi connectivity index (χ1) is 30.9. The number of carbonyl (C=O) groups is 5. The van der Waals surface area contributed by atoms with Crippen molar-refractivity contribution in [2.75, 3.05) is 47.9 Å². The highest BCUT2D eigenvalue weighted by molar-refractivity contribution is 6.31. The fourth-order valence-electron chi connectivity index (χ4n) is 7.57. The zero-order valence-electron chi connectivity index (χ0n) is 38.8. The number of likely N-dealkylation sites (N-methyl/N-ethyl adjacent to an activating group) is 2. The van der Waals surface area contributed by atoms with E-state index in [0.717, 1.165) is 22.6 Å². The summed E-state index contributed by atoms with van der Waals surface area (Å²) in [5, 5.41) is 6.71. The summed E-state index contributed by atoms with van der Waals surface area (Å²) in [7, 11) is 9.18. The summed E-state index contributed by atoms with van der Waals surface area (Å²) in [6, 6.07) is 16.3. The molecule has 4 aromatic rings. The molecule has 5 atom stereocenters. The molecule has 5 amide bonds. The van der Waals surface area contributed by atoms with Gasteiger partial charge in [0.1, 0.15) is 29.4 Å². The fourth-order valence-corrected chi connectivity index (χ4v) is 7.86. The Morgan fingerprint density at radius 2 is 1.52 bits per heavy atom. The van der Waals surface area contributed by atoms with Crippen LogP contribution in [0.5, 0.6) is 11.5 Å². The highest BCUT2D eigenvalue weighted by atomic mass is 35.5. The van der Waals surface area contributed by atoms with Crippen LogP contribution in [0.2, 0.25) is 10.0 Å². The Morgan fingerprint density at radius 3 is 2.18 bits per heavy atom. The Hall–Kier alpha value is -5.48. The number of nitrogens with zero attached hydrogens (tertiary/aromatic N) is 6. The van der Waals surface area contributed by atoms with E-state index in [4.69, 9.17) is 32.7 Å². The number of carbonyl (C=O) groups excluding carboxylic acids is 5. The minimum absolute atomic E-state index is 0.0580. The maximum Gasteiger partial charge on any atom is 0.247 e. The van der Waals surface area contributed by atoms with Gasteiger partial charge in [-0.3, -0.25) is 24.0 Å². The van der Waals surface area contributed by atoms with E-state index in [0.29, 0.717) is 40.1 Å². The molecule has 1 aromatic heterocycles. The number of imidazole rings is 1. The predicted molar refractivity (Wildman–Crippen MR) is 251 cm³/mol. The number of amides is 5. The van der Waals surface area contributed by atoms with Gasteiger partial charge in [-0.25, -0.2) is 4.98 Å². The van der Waals surface area contributed by atoms with Crippen molar-refractivity contribution in [1.29, 1.82) is 0 Å². The van der Waals surface area contributed by atoms with Gasteiger partial charge >= 0.3 is 0 Å². The lowest BCUT2D eigenvalue weighted by Crippen LogP contribution is -2.57. The van der Waals surface area contributed by atoms with Crippen molar-refractivity contribution in [1.82, 2.24) is 39.8 Å². The number of aromatic nitrogens is 2. The van der Waals surface area contributed by atoms with Crippen LogP contribution in [-0.4, -0.2) is 131 Å². The topological polar surface area (TPSA) is 159 Å². The molecule has 1 saturated heterocycles. The number of hydrogen-bond donors (Lipinski definition) is 2. The van der Waals surface area contributed by atoms with Gasteiger partial charge in [-0.05, 0) is 95.4 Å². The molecule has 0 saturated carbocycles. The largest absolute Gasteiger partial charge is 0.457 e. The molecule has 65 heavy (non-hydrogen) atoms. The smallest absolute Gasteiger partial charge is 0.247 e. The van der Waals surface area contributed by atoms with Gasteiger partial charge in [0.05, 0.1) is 31.6 Å². The molecule has 0 unspecified atom stereocenters. The van der Waals surface area contributed by atoms with Crippen LogP contribution in [0, 0.1) is 5.92 Å². The minimum atomic E-state index is -1.17. The second-order valence-corrected chi connectivity index (χ2v) is 17.9. The zero-order valence-corrected chi connectivity index (χ0v) is 40.3. The van der Waals surface area contributed by atoms with Gasteiger partial charge in [-0.15, -0.1) is 0 Å². The molecular weight excluding hydrogens is 871 g/mol. The Morgan fingerprint density at radius 1 is 0.846 bits per heavy atom. The van der Waals surface area contributed by atoms with E-state index in [1.54, 1.807) is 72.1 Å². The van der Waals surface area contributed by atoms with Crippen molar-refractivity contribution in [2.45, 2.75) is 84.2 Å². The third kappa shape index (κ3) is 13.5. The van der Waals surface area contributed by atoms with E-state index in [-0.39, 0.29) is 51.0 Å². The first kappa shape index (κ1) is 50.5. The summed E-state index contributed by atoms with van der Waals surface area (Å²) in [6.07, 6.45) is 1.86. The van der Waals surface area contributed by atoms with Gasteiger partial charge in [-0.1, -0.05) is 48.3 Å². The average Bonchev–Trinajstić information content (AvgIpc) is 3.63. The van der Waals surface area contributed by atoms with Crippen molar-refractivity contribution in [3.63, 3.8) is 0 Å². The maximum atomic E-state index is 14.5. The molecule has 0 spiro atoms. The lowest BCUT2D eigenvalue weighted by Gasteiger charge is -2.35. The summed E-state index contributed by atoms with van der Waals surface area (Å²) in [6.45, 7) is 7.65. The van der Waals surface area contributed by atoms with E-state index in [2.05, 4.69) is 20.5 Å². The Balaban J connectivity index is 1.47. The number of rotatable bonds is 12. The fraction of sp³-hybridized carbons (Fsp3) is 0.458. The maximum absolute atomic E-state index is 14.5. The molecule has 0 bridgehead atoms. The van der Waals surface area contributed by atoms with Crippen LogP contribution in [0.15, 0.2) is 72.9 Å². The van der Waals surface area contributed by atoms with Crippen LogP contribution in [0.4, 0.5) is 0 Å². The molecule has 1 aliphatic rings. The quantitative estimate of drug-likeness (QED) is 0.175. The van der Waals surface area contributed by atoms with E-state index in [9.17, 15) is 24.0 Å². The standard InChI is InChI=1S/C48H62Cl2N8O7/c1-10-64-29-40-48(63)56(8)38(22-33-11-16-36(49)17-12-33)24-44(59)52-25-31(3)55(7)47(62)30(2)21-45(60)58(32(4)46(61)53-40)27-35-13-18-37(50)23-42(35)65-39-19-14-34(15-20-39)41-26-51-43(57(41)9)28-54(5)6/h11-20,23,26,30-32,38,40H,10,21-22,24-25,27-29H2,1-9H3,(H,52,59)(H,53,61)/t30-,31+,32+,38+,40+/m1/s1. The Kier molecular flexibility index (Phi) is 18.0. The van der Waals surface area contributed by atoms with Crippen LogP contribution in [0.1, 0.15) is 57.5 Å². The highest BCUT2D eigenvalue weighted by Crippen LogP contribution is 2.32. The van der Waals surface area contributed by atoms with Crippen molar-refractivity contribution >= 4 is 52.7 Å². The van der Waals surface area contributed by atoms with Crippen LogP contribution in [0.3, 0.4) is 0 Å². The number of nitrogens with one attached hydrogen (secondary N) is 2. The molecule has 0 radical (unpaired) electrons. The third-order valence-electron chi connectivity index (χ3n) is 11.8. The van der Waals surface area contributed by atoms with Gasteiger partial charge < -0.3 is 44.3 Å². The monoisotopic (exact) mass is 932 g/mol. The molecule has 1 fully saturated rings. The molecule has 5 rings (SSSR count). The number of hydrogen-bond acceptors (Lipinski definition) is 9. The van der Waals surface area contributed by atoms with Crippen LogP contribution >= 0.6 is 23.2 Å².